The minimum Gasteiger partial charge on any atom is -0.366 e. The summed E-state index contributed by atoms with van der Waals surface area (Å²) in [5.74, 6) is -1.18. The fourth-order valence-electron chi connectivity index (χ4n) is 4.01. The van der Waals surface area contributed by atoms with E-state index in [2.05, 4.69) is 31.2 Å². The summed E-state index contributed by atoms with van der Waals surface area (Å²) >= 11 is 0. The maximum Gasteiger partial charge on any atom is 0.164 e. The van der Waals surface area contributed by atoms with Crippen LogP contribution in [0.15, 0.2) is 24.3 Å². The maximum absolute atomic E-state index is 6.38. The third-order valence-electron chi connectivity index (χ3n) is 5.14. The van der Waals surface area contributed by atoms with Crippen LogP contribution in [0.3, 0.4) is 0 Å². The van der Waals surface area contributed by atoms with Gasteiger partial charge in [0.1, 0.15) is 24.4 Å². The van der Waals surface area contributed by atoms with Crippen molar-refractivity contribution in [2.45, 2.75) is 83.1 Å². The number of ether oxygens (including phenoxy) is 5. The molecule has 0 spiro atoms. The van der Waals surface area contributed by atoms with E-state index >= 15 is 0 Å². The first-order valence-corrected chi connectivity index (χ1v) is 9.11. The summed E-state index contributed by atoms with van der Waals surface area (Å²) in [6, 6.07) is 8.57. The molecule has 0 N–H and O–H groups in total. The SMILES string of the molecule is Cc1ccc(C[C@H]2O[C@H]([C@H]3COC(C)(C)O3)[C@@H]3OC(C)(C)O[C@@H]32)cc1. The second kappa shape index (κ2) is 6.03. The first kappa shape index (κ1) is 17.4. The third kappa shape index (κ3) is 3.49. The van der Waals surface area contributed by atoms with Gasteiger partial charge in [0.25, 0.3) is 0 Å². The summed E-state index contributed by atoms with van der Waals surface area (Å²) in [5.41, 5.74) is 2.50. The van der Waals surface area contributed by atoms with Crippen molar-refractivity contribution in [3.05, 3.63) is 35.4 Å². The highest BCUT2D eigenvalue weighted by Gasteiger charge is 2.58. The lowest BCUT2D eigenvalue weighted by molar-refractivity contribution is -0.206. The Labute approximate surface area is 149 Å². The van der Waals surface area contributed by atoms with Gasteiger partial charge in [0.05, 0.1) is 12.7 Å². The first-order chi connectivity index (χ1) is 11.7. The van der Waals surface area contributed by atoms with Gasteiger partial charge in [-0.2, -0.15) is 0 Å². The summed E-state index contributed by atoms with van der Waals surface area (Å²) in [7, 11) is 0. The van der Waals surface area contributed by atoms with E-state index < -0.39 is 11.6 Å². The fourth-order valence-corrected chi connectivity index (χ4v) is 4.01. The van der Waals surface area contributed by atoms with Crippen LogP contribution >= 0.6 is 0 Å². The summed E-state index contributed by atoms with van der Waals surface area (Å²) in [6.07, 6.45) is 0.217. The number of rotatable bonds is 3. The molecule has 0 aromatic heterocycles. The fraction of sp³-hybridized carbons (Fsp3) is 0.700. The van der Waals surface area contributed by atoms with Gasteiger partial charge in [-0.1, -0.05) is 29.8 Å². The highest BCUT2D eigenvalue weighted by atomic mass is 16.8. The highest BCUT2D eigenvalue weighted by molar-refractivity contribution is 5.22. The number of benzene rings is 1. The van der Waals surface area contributed by atoms with Gasteiger partial charge in [-0.3, -0.25) is 0 Å². The standard InChI is InChI=1S/C20H28O5/c1-12-6-8-13(9-7-12)10-14-17-18(25-20(4,5)24-17)16(22-14)15-11-21-19(2,3)23-15/h6-9,14-18H,10-11H2,1-5H3/t14-,15-,16-,17-,18+/m1/s1. The molecule has 1 aromatic rings. The average molecular weight is 348 g/mol. The van der Waals surface area contributed by atoms with Gasteiger partial charge in [-0.25, -0.2) is 0 Å². The summed E-state index contributed by atoms with van der Waals surface area (Å²) in [4.78, 5) is 0. The van der Waals surface area contributed by atoms with E-state index in [1.54, 1.807) is 0 Å². The molecule has 0 unspecified atom stereocenters. The Kier molecular flexibility index (Phi) is 4.21. The number of hydrogen-bond donors (Lipinski definition) is 0. The van der Waals surface area contributed by atoms with Gasteiger partial charge in [-0.15, -0.1) is 0 Å². The van der Waals surface area contributed by atoms with Gasteiger partial charge in [0.2, 0.25) is 0 Å². The molecule has 3 aliphatic heterocycles. The molecule has 0 radical (unpaired) electrons. The second-order valence-corrected chi connectivity index (χ2v) is 8.26. The molecule has 5 heteroatoms. The van der Waals surface area contributed by atoms with E-state index in [1.165, 1.54) is 11.1 Å². The lowest BCUT2D eigenvalue weighted by Crippen LogP contribution is -2.40. The molecule has 3 fully saturated rings. The Balaban J connectivity index is 1.53. The van der Waals surface area contributed by atoms with Crippen LogP contribution in [0.2, 0.25) is 0 Å². The van der Waals surface area contributed by atoms with Crippen LogP contribution in [0.1, 0.15) is 38.8 Å². The van der Waals surface area contributed by atoms with Gasteiger partial charge in [0.15, 0.2) is 11.6 Å². The quantitative estimate of drug-likeness (QED) is 0.840. The van der Waals surface area contributed by atoms with E-state index in [0.29, 0.717) is 6.61 Å². The molecular formula is C20H28O5. The predicted molar refractivity (Wildman–Crippen MR) is 92.3 cm³/mol. The van der Waals surface area contributed by atoms with Crippen LogP contribution in [-0.2, 0) is 30.1 Å². The molecule has 3 heterocycles. The zero-order chi connectivity index (χ0) is 17.8. The van der Waals surface area contributed by atoms with Crippen LogP contribution in [0.4, 0.5) is 0 Å². The van der Waals surface area contributed by atoms with Gasteiger partial charge in [-0.05, 0) is 40.2 Å². The molecule has 0 bridgehead atoms. The van der Waals surface area contributed by atoms with Crippen molar-refractivity contribution in [2.24, 2.45) is 0 Å². The minimum atomic E-state index is -0.599. The Hall–Kier alpha value is -0.980. The van der Waals surface area contributed by atoms with E-state index in [0.717, 1.165) is 6.42 Å². The molecular weight excluding hydrogens is 320 g/mol. The van der Waals surface area contributed by atoms with Gasteiger partial charge >= 0.3 is 0 Å². The normalized spacial score (nSPS) is 38.8. The molecule has 138 valence electrons. The van der Waals surface area contributed by atoms with Crippen molar-refractivity contribution >= 4 is 0 Å². The smallest absolute Gasteiger partial charge is 0.164 e. The largest absolute Gasteiger partial charge is 0.366 e. The number of fused-ring (bicyclic) bond motifs is 1. The Morgan fingerprint density at radius 1 is 0.880 bits per heavy atom. The van der Waals surface area contributed by atoms with Crippen molar-refractivity contribution < 1.29 is 23.7 Å². The third-order valence-corrected chi connectivity index (χ3v) is 5.14. The van der Waals surface area contributed by atoms with Crippen molar-refractivity contribution in [3.8, 4) is 0 Å². The lowest BCUT2D eigenvalue weighted by Gasteiger charge is -2.27. The molecule has 5 atom stereocenters. The molecule has 5 nitrogen and oxygen atoms in total. The maximum atomic E-state index is 6.38. The predicted octanol–water partition coefficient (Wildman–Crippen LogP) is 2.98. The summed E-state index contributed by atoms with van der Waals surface area (Å²) < 4.78 is 30.5. The van der Waals surface area contributed by atoms with Crippen LogP contribution in [0.25, 0.3) is 0 Å². The topological polar surface area (TPSA) is 46.2 Å². The van der Waals surface area contributed by atoms with E-state index in [9.17, 15) is 0 Å². The zero-order valence-electron chi connectivity index (χ0n) is 15.7. The monoisotopic (exact) mass is 348 g/mol. The Bertz CT molecular complexity index is 623. The van der Waals surface area contributed by atoms with Gasteiger partial charge in [0, 0.05) is 6.42 Å². The minimum absolute atomic E-state index is 0.0493. The van der Waals surface area contributed by atoms with E-state index in [-0.39, 0.29) is 30.5 Å². The van der Waals surface area contributed by atoms with Crippen LogP contribution in [-0.4, -0.2) is 48.7 Å². The van der Waals surface area contributed by atoms with Crippen molar-refractivity contribution in [2.75, 3.05) is 6.61 Å². The summed E-state index contributed by atoms with van der Waals surface area (Å²) in [5, 5.41) is 0. The molecule has 0 aliphatic carbocycles. The lowest BCUT2D eigenvalue weighted by atomic mass is 9.99. The van der Waals surface area contributed by atoms with E-state index in [4.69, 9.17) is 23.7 Å². The molecule has 4 rings (SSSR count). The molecule has 25 heavy (non-hydrogen) atoms. The Morgan fingerprint density at radius 3 is 2.20 bits per heavy atom. The number of hydrogen-bond acceptors (Lipinski definition) is 5. The molecule has 3 aliphatic rings. The number of aryl methyl sites for hydroxylation is 1. The highest BCUT2D eigenvalue weighted by Crippen LogP contribution is 2.42. The summed E-state index contributed by atoms with van der Waals surface area (Å²) in [6.45, 7) is 10.4. The molecule has 0 amide bonds. The molecule has 3 saturated heterocycles. The van der Waals surface area contributed by atoms with E-state index in [1.807, 2.05) is 27.7 Å². The van der Waals surface area contributed by atoms with Crippen molar-refractivity contribution in [1.82, 2.24) is 0 Å². The van der Waals surface area contributed by atoms with Gasteiger partial charge < -0.3 is 23.7 Å². The van der Waals surface area contributed by atoms with Crippen LogP contribution in [0.5, 0.6) is 0 Å². The second-order valence-electron chi connectivity index (χ2n) is 8.26. The van der Waals surface area contributed by atoms with Crippen molar-refractivity contribution in [3.63, 3.8) is 0 Å². The first-order valence-electron chi connectivity index (χ1n) is 9.11. The molecule has 0 saturated carbocycles. The average Bonchev–Trinajstić information content (AvgIpc) is 3.13. The van der Waals surface area contributed by atoms with Crippen LogP contribution < -0.4 is 0 Å². The Morgan fingerprint density at radius 2 is 1.56 bits per heavy atom. The van der Waals surface area contributed by atoms with Crippen molar-refractivity contribution in [1.29, 1.82) is 0 Å². The molecule has 1 aromatic carbocycles. The van der Waals surface area contributed by atoms with Crippen LogP contribution in [0, 0.1) is 6.92 Å². The zero-order valence-corrected chi connectivity index (χ0v) is 15.7.